The van der Waals surface area contributed by atoms with E-state index < -0.39 is 108 Å². The zero-order valence-corrected chi connectivity index (χ0v) is 19.4. The Balaban J connectivity index is 3.66. The third-order valence-electron chi connectivity index (χ3n) is 5.70. The maximum atomic E-state index is 13.9. The van der Waals surface area contributed by atoms with Crippen molar-refractivity contribution in [3.8, 4) is 0 Å². The van der Waals surface area contributed by atoms with E-state index >= 15 is 0 Å². The molecule has 0 aromatic rings. The molecule has 0 saturated heterocycles. The van der Waals surface area contributed by atoms with Gasteiger partial charge in [-0.3, -0.25) is 0 Å². The summed E-state index contributed by atoms with van der Waals surface area (Å²) in [4.78, 5) is 0. The van der Waals surface area contributed by atoms with Gasteiger partial charge in [-0.25, -0.2) is 0 Å². The first-order valence-corrected chi connectivity index (χ1v) is 10.0. The van der Waals surface area contributed by atoms with Gasteiger partial charge < -0.3 is 0 Å². The molecule has 0 aliphatic heterocycles. The summed E-state index contributed by atoms with van der Waals surface area (Å²) < 4.78 is 341. The highest BCUT2D eigenvalue weighted by Crippen LogP contribution is 2.63. The number of halogens is 26. The molecule has 0 radical (unpaired) electrons. The molecule has 1 aliphatic rings. The minimum Gasteiger partial charge on any atom is -0.195 e. The molecule has 0 unspecified atom stereocenters. The molecule has 260 valence electrons. The molecule has 0 bridgehead atoms. The van der Waals surface area contributed by atoms with Crippen LogP contribution in [0.1, 0.15) is 12.8 Å². The van der Waals surface area contributed by atoms with Crippen LogP contribution in [0.5, 0.6) is 0 Å². The topological polar surface area (TPSA) is 0 Å². The molecule has 0 N–H and O–H groups in total. The van der Waals surface area contributed by atoms with E-state index in [1.54, 1.807) is 0 Å². The average molecular weight is 716 g/mol. The summed E-state index contributed by atoms with van der Waals surface area (Å²) in [5, 5.41) is 0. The van der Waals surface area contributed by atoms with Crippen molar-refractivity contribution in [1.82, 2.24) is 0 Å². The molecular formula is C18H6F26. The summed E-state index contributed by atoms with van der Waals surface area (Å²) in [6.45, 7) is 0. The molecule has 44 heavy (non-hydrogen) atoms. The van der Waals surface area contributed by atoms with Crippen molar-refractivity contribution < 1.29 is 114 Å². The highest BCUT2D eigenvalue weighted by atomic mass is 19.4. The predicted octanol–water partition coefficient (Wildman–Crippen LogP) is 10.1. The Morgan fingerprint density at radius 2 is 0.455 bits per heavy atom. The van der Waals surface area contributed by atoms with Crippen LogP contribution in [0.15, 0.2) is 23.3 Å². The van der Waals surface area contributed by atoms with Crippen molar-refractivity contribution in [2.75, 3.05) is 0 Å². The van der Waals surface area contributed by atoms with Gasteiger partial charge in [0.25, 0.3) is 0 Å². The van der Waals surface area contributed by atoms with Gasteiger partial charge in [0, 0.05) is 0 Å². The van der Waals surface area contributed by atoms with E-state index in [2.05, 4.69) is 0 Å². The van der Waals surface area contributed by atoms with Crippen LogP contribution in [-0.4, -0.2) is 71.6 Å². The van der Waals surface area contributed by atoms with E-state index in [-0.39, 0.29) is 0 Å². The van der Waals surface area contributed by atoms with Crippen molar-refractivity contribution >= 4 is 0 Å². The maximum Gasteiger partial charge on any atom is 0.460 e. The second-order valence-corrected chi connectivity index (χ2v) is 8.68. The Morgan fingerprint density at radius 3 is 0.614 bits per heavy atom. The molecule has 0 amide bonds. The van der Waals surface area contributed by atoms with Crippen LogP contribution in [0.2, 0.25) is 0 Å². The van der Waals surface area contributed by atoms with Crippen LogP contribution >= 0.6 is 0 Å². The first kappa shape index (κ1) is 39.7. The first-order valence-electron chi connectivity index (χ1n) is 10.0. The monoisotopic (exact) mass is 716 g/mol. The fourth-order valence-corrected chi connectivity index (χ4v) is 2.93. The van der Waals surface area contributed by atoms with Gasteiger partial charge in [0.15, 0.2) is 0 Å². The fraction of sp³-hybridized carbons (Fsp3) is 0.778. The predicted molar refractivity (Wildman–Crippen MR) is 87.0 cm³/mol. The van der Waals surface area contributed by atoms with Gasteiger partial charge in [0.1, 0.15) is 0 Å². The zero-order chi connectivity index (χ0) is 36.0. The number of hydrogen-bond acceptors (Lipinski definition) is 0. The van der Waals surface area contributed by atoms with Crippen LogP contribution in [0.4, 0.5) is 114 Å². The van der Waals surface area contributed by atoms with Gasteiger partial charge in [-0.2, -0.15) is 114 Å². The Hall–Kier alpha value is -2.34. The normalized spacial score (nSPS) is 20.0. The van der Waals surface area contributed by atoms with Crippen molar-refractivity contribution in [2.45, 2.75) is 84.4 Å². The SMILES string of the molecule is FC(F)(F)C(F)(F)C(F)(F)C(F)(F)C(F)(F)C(F)(F)/C=C1\CC\C1=C/C(F)(F)C(F)(F)C(F)(F)C(F)(F)C(F)(F)C(F)(F)F. The minimum absolute atomic E-state index is 1.56. The minimum atomic E-state index is -8.42. The van der Waals surface area contributed by atoms with Gasteiger partial charge in [0.2, 0.25) is 0 Å². The third kappa shape index (κ3) is 5.21. The third-order valence-corrected chi connectivity index (χ3v) is 5.70. The highest BCUT2D eigenvalue weighted by molar-refractivity contribution is 5.43. The molecule has 1 rings (SSSR count). The van der Waals surface area contributed by atoms with Crippen LogP contribution < -0.4 is 0 Å². The number of hydrogen-bond donors (Lipinski definition) is 0. The largest absolute Gasteiger partial charge is 0.460 e. The molecule has 1 aliphatic carbocycles. The fourth-order valence-electron chi connectivity index (χ4n) is 2.93. The molecule has 0 spiro atoms. The first-order chi connectivity index (χ1) is 18.7. The molecule has 0 atom stereocenters. The van der Waals surface area contributed by atoms with Gasteiger partial charge in [-0.15, -0.1) is 0 Å². The molecule has 1 fully saturated rings. The van der Waals surface area contributed by atoms with Crippen LogP contribution in [0, 0.1) is 0 Å². The standard InChI is InChI=1S/C18H6F26/c19-7(20,9(23,24)11(27,28)13(31,32)15(35,36)17(39,40)41)3-5-1-2-6(5)4-8(21,22)10(25,26)12(29,30)14(33,34)16(37,38)18(42,43)44/h3-4H,1-2H2/b5-3+,6-4+. The van der Waals surface area contributed by atoms with E-state index in [9.17, 15) is 114 Å². The van der Waals surface area contributed by atoms with Crippen LogP contribution in [0.25, 0.3) is 0 Å². The van der Waals surface area contributed by atoms with Crippen molar-refractivity contribution in [3.05, 3.63) is 23.3 Å². The Bertz CT molecular complexity index is 1050. The van der Waals surface area contributed by atoms with E-state index in [0.29, 0.717) is 0 Å². The summed E-state index contributed by atoms with van der Waals surface area (Å²) in [7, 11) is 0. The van der Waals surface area contributed by atoms with Gasteiger partial charge in [0.05, 0.1) is 0 Å². The summed E-state index contributed by atoms with van der Waals surface area (Å²) in [6.07, 6.45) is -22.6. The molecule has 26 heteroatoms. The molecule has 1 saturated carbocycles. The van der Waals surface area contributed by atoms with Crippen molar-refractivity contribution in [2.24, 2.45) is 0 Å². The number of rotatable bonds is 10. The summed E-state index contributed by atoms with van der Waals surface area (Å²) in [5.41, 5.74) is -4.41. The number of alkyl halides is 26. The van der Waals surface area contributed by atoms with Gasteiger partial charge >= 0.3 is 71.6 Å². The lowest BCUT2D eigenvalue weighted by Crippen LogP contribution is -2.70. The molecule has 0 heterocycles. The van der Waals surface area contributed by atoms with Crippen molar-refractivity contribution in [1.29, 1.82) is 0 Å². The average Bonchev–Trinajstić information content (AvgIpc) is 2.77. The summed E-state index contributed by atoms with van der Waals surface area (Å²) >= 11 is 0. The Labute approximate surface area is 223 Å². The highest BCUT2D eigenvalue weighted by Gasteiger charge is 2.92. The maximum absolute atomic E-state index is 13.9. The van der Waals surface area contributed by atoms with Crippen LogP contribution in [-0.2, 0) is 0 Å². The van der Waals surface area contributed by atoms with Crippen molar-refractivity contribution in [3.63, 3.8) is 0 Å². The van der Waals surface area contributed by atoms with E-state index in [1.165, 1.54) is 0 Å². The second-order valence-electron chi connectivity index (χ2n) is 8.68. The number of allylic oxidation sites excluding steroid dienone is 4. The van der Waals surface area contributed by atoms with Crippen LogP contribution in [0.3, 0.4) is 0 Å². The van der Waals surface area contributed by atoms with Gasteiger partial charge in [-0.1, -0.05) is 0 Å². The lowest BCUT2D eigenvalue weighted by Gasteiger charge is -2.40. The Morgan fingerprint density at radius 1 is 0.273 bits per heavy atom. The zero-order valence-electron chi connectivity index (χ0n) is 19.4. The lowest BCUT2D eigenvalue weighted by atomic mass is 9.81. The van der Waals surface area contributed by atoms with E-state index in [1.807, 2.05) is 0 Å². The molecular weight excluding hydrogens is 710 g/mol. The second kappa shape index (κ2) is 10.1. The Kier molecular flexibility index (Phi) is 9.09. The molecule has 0 aromatic carbocycles. The quantitative estimate of drug-likeness (QED) is 0.198. The molecule has 0 aromatic heterocycles. The lowest BCUT2D eigenvalue weighted by molar-refractivity contribution is -0.436. The van der Waals surface area contributed by atoms with Gasteiger partial charge in [-0.05, 0) is 36.1 Å². The summed E-state index contributed by atoms with van der Waals surface area (Å²) in [5.74, 6) is -80.5. The smallest absolute Gasteiger partial charge is 0.195 e. The summed E-state index contributed by atoms with van der Waals surface area (Å²) in [6, 6.07) is 0. The van der Waals surface area contributed by atoms with E-state index in [0.717, 1.165) is 0 Å². The van der Waals surface area contributed by atoms with E-state index in [4.69, 9.17) is 0 Å². The molecule has 0 nitrogen and oxygen atoms in total.